The van der Waals surface area contributed by atoms with Gasteiger partial charge in [-0.15, -0.1) is 5.54 Å². The van der Waals surface area contributed by atoms with Crippen LogP contribution >= 0.6 is 0 Å². The van der Waals surface area contributed by atoms with Crippen molar-refractivity contribution in [3.05, 3.63) is 41.5 Å². The van der Waals surface area contributed by atoms with Crippen LogP contribution in [0.25, 0.3) is 6.08 Å². The van der Waals surface area contributed by atoms with E-state index in [0.29, 0.717) is 0 Å². The summed E-state index contributed by atoms with van der Waals surface area (Å²) in [6.07, 6.45) is 1.44. The predicted octanol–water partition coefficient (Wildman–Crippen LogP) is 3.33. The summed E-state index contributed by atoms with van der Waals surface area (Å²) in [5.41, 5.74) is 5.15. The van der Waals surface area contributed by atoms with Gasteiger partial charge in [0, 0.05) is 5.57 Å². The number of aliphatic hydroxyl groups excluding tert-OH is 1. The molecule has 1 aromatic carbocycles. The first-order chi connectivity index (χ1) is 7.88. The smallest absolute Gasteiger partial charge is 0.129 e. The van der Waals surface area contributed by atoms with Crippen LogP contribution in [0.2, 0.25) is 19.6 Å². The molecule has 1 nitrogen and oxygen atoms in total. The van der Waals surface area contributed by atoms with Gasteiger partial charge in [0.15, 0.2) is 0 Å². The molecule has 1 unspecified atom stereocenters. The Kier molecular flexibility index (Phi) is 4.74. The lowest BCUT2D eigenvalue weighted by molar-refractivity contribution is 0.237. The third kappa shape index (κ3) is 5.53. The number of hydrogen-bond donors (Lipinski definition) is 1. The van der Waals surface area contributed by atoms with Gasteiger partial charge in [0.2, 0.25) is 0 Å². The van der Waals surface area contributed by atoms with Crippen LogP contribution in [0.3, 0.4) is 0 Å². The van der Waals surface area contributed by atoms with E-state index in [-0.39, 0.29) is 0 Å². The first-order valence-corrected chi connectivity index (χ1v) is 9.36. The Morgan fingerprint density at radius 3 is 2.29 bits per heavy atom. The van der Waals surface area contributed by atoms with Crippen LogP contribution < -0.4 is 0 Å². The van der Waals surface area contributed by atoms with Crippen molar-refractivity contribution < 1.29 is 5.11 Å². The van der Waals surface area contributed by atoms with Crippen LogP contribution in [-0.2, 0) is 0 Å². The van der Waals surface area contributed by atoms with Gasteiger partial charge in [-0.05, 0) is 18.6 Å². The first-order valence-electron chi connectivity index (χ1n) is 5.86. The molecular formula is C15H20OSi. The molecule has 0 amide bonds. The van der Waals surface area contributed by atoms with Gasteiger partial charge >= 0.3 is 0 Å². The zero-order valence-electron chi connectivity index (χ0n) is 11.0. The van der Waals surface area contributed by atoms with Gasteiger partial charge in [-0.1, -0.05) is 55.9 Å². The third-order valence-electron chi connectivity index (χ3n) is 2.15. The number of hydrogen-bond acceptors (Lipinski definition) is 1. The van der Waals surface area contributed by atoms with E-state index in [0.717, 1.165) is 11.1 Å². The fourth-order valence-corrected chi connectivity index (χ4v) is 1.77. The molecule has 0 heterocycles. The molecule has 0 fully saturated rings. The number of aliphatic hydroxyl groups is 1. The average Bonchev–Trinajstić information content (AvgIpc) is 2.24. The monoisotopic (exact) mass is 244 g/mol. The van der Waals surface area contributed by atoms with Crippen molar-refractivity contribution in [3.8, 4) is 11.5 Å². The highest BCUT2D eigenvalue weighted by Gasteiger charge is 2.09. The summed E-state index contributed by atoms with van der Waals surface area (Å²) in [6.45, 7) is 8.35. The molecule has 0 radical (unpaired) electrons. The van der Waals surface area contributed by atoms with E-state index < -0.39 is 14.2 Å². The highest BCUT2D eigenvalue weighted by Crippen LogP contribution is 2.10. The van der Waals surface area contributed by atoms with E-state index in [1.165, 1.54) is 0 Å². The van der Waals surface area contributed by atoms with Crippen molar-refractivity contribution in [1.29, 1.82) is 0 Å². The highest BCUT2D eigenvalue weighted by molar-refractivity contribution is 6.83. The largest absolute Gasteiger partial charge is 0.388 e. The Morgan fingerprint density at radius 2 is 1.82 bits per heavy atom. The Hall–Kier alpha value is -1.30. The van der Waals surface area contributed by atoms with E-state index in [2.05, 4.69) is 31.1 Å². The second-order valence-corrected chi connectivity index (χ2v) is 9.94. The van der Waals surface area contributed by atoms with Crippen LogP contribution in [0.5, 0.6) is 0 Å². The molecular weight excluding hydrogens is 224 g/mol. The molecule has 0 saturated carbocycles. The minimum absolute atomic E-state index is 0.515. The topological polar surface area (TPSA) is 20.2 Å². The van der Waals surface area contributed by atoms with E-state index >= 15 is 0 Å². The molecule has 0 spiro atoms. The van der Waals surface area contributed by atoms with Gasteiger partial charge < -0.3 is 5.11 Å². The maximum absolute atomic E-state index is 9.71. The molecule has 1 rings (SSSR count). The molecule has 0 aliphatic heterocycles. The Labute approximate surface area is 105 Å². The minimum Gasteiger partial charge on any atom is -0.388 e. The zero-order valence-corrected chi connectivity index (χ0v) is 12.0. The van der Waals surface area contributed by atoms with E-state index in [4.69, 9.17) is 0 Å². The molecule has 90 valence electrons. The van der Waals surface area contributed by atoms with Gasteiger partial charge in [-0.3, -0.25) is 0 Å². The van der Waals surface area contributed by atoms with Crippen LogP contribution in [0.15, 0.2) is 35.9 Å². The van der Waals surface area contributed by atoms with Gasteiger partial charge in [0.25, 0.3) is 0 Å². The molecule has 1 N–H and O–H groups in total. The second-order valence-electron chi connectivity index (χ2n) is 5.19. The molecule has 0 aliphatic rings. The van der Waals surface area contributed by atoms with Crippen LogP contribution in [0.1, 0.15) is 12.5 Å². The van der Waals surface area contributed by atoms with Crippen molar-refractivity contribution in [2.75, 3.05) is 0 Å². The quantitative estimate of drug-likeness (QED) is 0.625. The zero-order chi connectivity index (χ0) is 12.9. The van der Waals surface area contributed by atoms with E-state index in [1.807, 2.05) is 36.4 Å². The van der Waals surface area contributed by atoms with E-state index in [1.54, 1.807) is 6.92 Å². The third-order valence-corrected chi connectivity index (χ3v) is 3.03. The van der Waals surface area contributed by atoms with Crippen molar-refractivity contribution in [2.45, 2.75) is 32.7 Å². The number of benzene rings is 1. The minimum atomic E-state index is -1.40. The molecule has 0 aliphatic carbocycles. The summed E-state index contributed by atoms with van der Waals surface area (Å²) in [6, 6.07) is 9.97. The molecule has 1 aromatic rings. The van der Waals surface area contributed by atoms with Gasteiger partial charge in [0.05, 0.1) is 6.10 Å². The Bertz CT molecular complexity index is 441. The van der Waals surface area contributed by atoms with Gasteiger partial charge in [0.1, 0.15) is 8.07 Å². The lowest BCUT2D eigenvalue weighted by Gasteiger charge is -2.07. The summed E-state index contributed by atoms with van der Waals surface area (Å²) in [5, 5.41) is 9.71. The first kappa shape index (κ1) is 13.8. The van der Waals surface area contributed by atoms with E-state index in [9.17, 15) is 5.11 Å². The molecule has 0 bridgehead atoms. The van der Waals surface area contributed by atoms with Crippen molar-refractivity contribution in [3.63, 3.8) is 0 Å². The molecule has 2 heteroatoms. The summed E-state index contributed by atoms with van der Waals surface area (Å²) >= 11 is 0. The van der Waals surface area contributed by atoms with Crippen LogP contribution in [-0.4, -0.2) is 19.3 Å². The standard InChI is InChI=1S/C15H20OSi/c1-13(16)15(10-11-17(2,3)4)12-14-8-6-5-7-9-14/h5-9,12-13,16H,1-4H3/b15-12-. The molecule has 1 atom stereocenters. The van der Waals surface area contributed by atoms with Crippen molar-refractivity contribution >= 4 is 14.1 Å². The fraction of sp³-hybridized carbons (Fsp3) is 0.333. The summed E-state index contributed by atoms with van der Waals surface area (Å²) in [7, 11) is -1.40. The highest BCUT2D eigenvalue weighted by atomic mass is 28.3. The SMILES string of the molecule is CC(O)/C(C#C[Si](C)(C)C)=C\c1ccccc1. The van der Waals surface area contributed by atoms with Crippen LogP contribution in [0.4, 0.5) is 0 Å². The summed E-state index contributed by atoms with van der Waals surface area (Å²) < 4.78 is 0. The second kappa shape index (κ2) is 5.86. The van der Waals surface area contributed by atoms with Gasteiger partial charge in [-0.25, -0.2) is 0 Å². The molecule has 17 heavy (non-hydrogen) atoms. The predicted molar refractivity (Wildman–Crippen MR) is 77.2 cm³/mol. The lowest BCUT2D eigenvalue weighted by Crippen LogP contribution is -2.17. The van der Waals surface area contributed by atoms with Gasteiger partial charge in [-0.2, -0.15) is 0 Å². The Balaban J connectivity index is 3.02. The average molecular weight is 244 g/mol. The number of rotatable bonds is 2. The fourth-order valence-electron chi connectivity index (χ4n) is 1.25. The lowest BCUT2D eigenvalue weighted by atomic mass is 10.1. The maximum atomic E-state index is 9.71. The summed E-state index contributed by atoms with van der Waals surface area (Å²) in [4.78, 5) is 0. The van der Waals surface area contributed by atoms with Crippen molar-refractivity contribution in [1.82, 2.24) is 0 Å². The molecule has 0 saturated heterocycles. The molecule has 0 aromatic heterocycles. The normalized spacial score (nSPS) is 13.8. The maximum Gasteiger partial charge on any atom is 0.129 e. The van der Waals surface area contributed by atoms with Crippen molar-refractivity contribution in [2.24, 2.45) is 0 Å². The Morgan fingerprint density at radius 1 is 1.24 bits per heavy atom. The van der Waals surface area contributed by atoms with Crippen LogP contribution in [0, 0.1) is 11.5 Å². The summed E-state index contributed by atoms with van der Waals surface area (Å²) in [5.74, 6) is 3.13.